The van der Waals surface area contributed by atoms with Crippen molar-refractivity contribution in [3.63, 3.8) is 0 Å². The largest absolute Gasteiger partial charge is 0.444 e. The number of hydrogen-bond acceptors (Lipinski definition) is 4. The van der Waals surface area contributed by atoms with Crippen LogP contribution in [-0.4, -0.2) is 44.4 Å². The van der Waals surface area contributed by atoms with Crippen LogP contribution in [0.2, 0.25) is 0 Å². The molecule has 3 heterocycles. The summed E-state index contributed by atoms with van der Waals surface area (Å²) in [5, 5.41) is 5.91. The fraction of sp³-hybridized carbons (Fsp3) is 0.423. The van der Waals surface area contributed by atoms with Gasteiger partial charge in [-0.25, -0.2) is 18.9 Å². The van der Waals surface area contributed by atoms with E-state index in [-0.39, 0.29) is 17.8 Å². The Morgan fingerprint density at radius 3 is 2.45 bits per heavy atom. The number of carbonyl (C=O) groups is 1. The molecule has 0 saturated carbocycles. The lowest BCUT2D eigenvalue weighted by atomic mass is 9.91. The average molecular weight is 451 g/mol. The molecule has 0 atom stereocenters. The molecule has 0 aliphatic carbocycles. The van der Waals surface area contributed by atoms with Gasteiger partial charge in [-0.05, 0) is 81.0 Å². The fourth-order valence-corrected chi connectivity index (χ4v) is 4.17. The zero-order valence-electron chi connectivity index (χ0n) is 20.1. The average Bonchev–Trinajstić information content (AvgIpc) is 3.13. The van der Waals surface area contributed by atoms with Gasteiger partial charge in [0.15, 0.2) is 5.65 Å². The van der Waals surface area contributed by atoms with Crippen LogP contribution < -0.4 is 0 Å². The third kappa shape index (κ3) is 4.63. The van der Waals surface area contributed by atoms with Crippen molar-refractivity contribution in [2.24, 2.45) is 0 Å². The third-order valence-corrected chi connectivity index (χ3v) is 5.71. The van der Waals surface area contributed by atoms with E-state index in [1.807, 2.05) is 27.0 Å². The Morgan fingerprint density at radius 2 is 1.88 bits per heavy atom. The normalized spacial score (nSPS) is 14.7. The van der Waals surface area contributed by atoms with Crippen LogP contribution in [0.4, 0.5) is 9.18 Å². The van der Waals surface area contributed by atoms with Gasteiger partial charge in [0.1, 0.15) is 11.4 Å². The molecule has 3 aromatic rings. The molecule has 1 amide bonds. The van der Waals surface area contributed by atoms with Crippen molar-refractivity contribution < 1.29 is 13.9 Å². The van der Waals surface area contributed by atoms with Gasteiger partial charge in [-0.2, -0.15) is 5.10 Å². The first-order valence-electron chi connectivity index (χ1n) is 11.4. The maximum Gasteiger partial charge on any atom is 0.410 e. The molecule has 0 fully saturated rings. The molecule has 0 saturated heterocycles. The molecule has 174 valence electrons. The first-order chi connectivity index (χ1) is 15.5. The summed E-state index contributed by atoms with van der Waals surface area (Å²) in [6.45, 7) is 13.0. The molecule has 33 heavy (non-hydrogen) atoms. The van der Waals surface area contributed by atoms with Crippen molar-refractivity contribution in [2.75, 3.05) is 13.1 Å². The minimum absolute atomic E-state index is 0.180. The number of ether oxygens (including phenoxy) is 1. The van der Waals surface area contributed by atoms with Crippen molar-refractivity contribution in [1.29, 1.82) is 0 Å². The van der Waals surface area contributed by atoms with E-state index in [0.717, 1.165) is 40.0 Å². The Hall–Kier alpha value is -3.22. The van der Waals surface area contributed by atoms with Crippen LogP contribution in [0, 0.1) is 12.7 Å². The molecule has 6 nitrogen and oxygen atoms in total. The van der Waals surface area contributed by atoms with Gasteiger partial charge < -0.3 is 9.64 Å². The lowest BCUT2D eigenvalue weighted by Gasteiger charge is -2.30. The molecular formula is C26H31FN4O2. The monoisotopic (exact) mass is 450 g/mol. The highest BCUT2D eigenvalue weighted by molar-refractivity contribution is 5.94. The number of benzene rings is 1. The van der Waals surface area contributed by atoms with Crippen molar-refractivity contribution in [1.82, 2.24) is 19.7 Å². The van der Waals surface area contributed by atoms with E-state index in [1.165, 1.54) is 17.7 Å². The number of pyridine rings is 1. The Kier molecular flexibility index (Phi) is 5.99. The van der Waals surface area contributed by atoms with Crippen LogP contribution in [0.5, 0.6) is 0 Å². The SMILES string of the molecule is Cc1cnc2c(c(C(C)C)nn2-c2ccc(F)cc2)c1C1=CCN(C(=O)OC(C)(C)C)CC1. The second-order valence-corrected chi connectivity index (χ2v) is 9.85. The van der Waals surface area contributed by atoms with E-state index in [0.29, 0.717) is 13.1 Å². The summed E-state index contributed by atoms with van der Waals surface area (Å²) in [5.74, 6) is -0.107. The molecule has 0 bridgehead atoms. The van der Waals surface area contributed by atoms with Gasteiger partial charge in [0.05, 0.1) is 16.8 Å². The van der Waals surface area contributed by atoms with E-state index in [9.17, 15) is 9.18 Å². The maximum atomic E-state index is 13.5. The van der Waals surface area contributed by atoms with Gasteiger partial charge in [-0.1, -0.05) is 19.9 Å². The summed E-state index contributed by atoms with van der Waals surface area (Å²) in [4.78, 5) is 18.9. The van der Waals surface area contributed by atoms with E-state index >= 15 is 0 Å². The number of nitrogens with zero attached hydrogens (tertiary/aromatic N) is 4. The van der Waals surface area contributed by atoms with Crippen molar-refractivity contribution in [3.05, 3.63) is 59.2 Å². The fourth-order valence-electron chi connectivity index (χ4n) is 4.17. The number of amides is 1. The van der Waals surface area contributed by atoms with Gasteiger partial charge in [0, 0.05) is 19.3 Å². The predicted molar refractivity (Wildman–Crippen MR) is 128 cm³/mol. The van der Waals surface area contributed by atoms with Crippen LogP contribution in [-0.2, 0) is 4.74 Å². The summed E-state index contributed by atoms with van der Waals surface area (Å²) in [6, 6.07) is 6.29. The standard InChI is InChI=1S/C26H31FN4O2/c1-16(2)23-22-21(18-11-13-30(14-12-18)25(32)33-26(4,5)6)17(3)15-28-24(22)31(29-23)20-9-7-19(27)8-10-20/h7-11,15-16H,12-14H2,1-6H3. The zero-order chi connectivity index (χ0) is 23.9. The van der Waals surface area contributed by atoms with Crippen LogP contribution >= 0.6 is 0 Å². The molecule has 0 N–H and O–H groups in total. The number of rotatable bonds is 3. The molecule has 1 aliphatic heterocycles. The van der Waals surface area contributed by atoms with Crippen molar-refractivity contribution >= 4 is 22.7 Å². The Bertz CT molecular complexity index is 1220. The number of halogens is 1. The molecule has 7 heteroatoms. The topological polar surface area (TPSA) is 60.2 Å². The second-order valence-electron chi connectivity index (χ2n) is 9.85. The summed E-state index contributed by atoms with van der Waals surface area (Å²) in [5.41, 5.74) is 5.33. The Labute approximate surface area is 194 Å². The highest BCUT2D eigenvalue weighted by atomic mass is 19.1. The zero-order valence-corrected chi connectivity index (χ0v) is 20.1. The number of carbonyl (C=O) groups excluding carboxylic acids is 1. The minimum atomic E-state index is -0.518. The van der Waals surface area contributed by atoms with Crippen LogP contribution in [0.25, 0.3) is 22.3 Å². The summed E-state index contributed by atoms with van der Waals surface area (Å²) in [6.07, 6.45) is 4.40. The molecular weight excluding hydrogens is 419 g/mol. The van der Waals surface area contributed by atoms with E-state index in [2.05, 4.69) is 26.8 Å². The molecule has 0 unspecified atom stereocenters. The lowest BCUT2D eigenvalue weighted by Crippen LogP contribution is -2.39. The van der Waals surface area contributed by atoms with Gasteiger partial charge in [0.2, 0.25) is 0 Å². The van der Waals surface area contributed by atoms with E-state index in [4.69, 9.17) is 14.8 Å². The van der Waals surface area contributed by atoms with E-state index < -0.39 is 5.60 Å². The number of fused-ring (bicyclic) bond motifs is 1. The highest BCUT2D eigenvalue weighted by Crippen LogP contribution is 2.36. The number of aromatic nitrogens is 3. The Morgan fingerprint density at radius 1 is 1.18 bits per heavy atom. The number of aryl methyl sites for hydroxylation is 1. The predicted octanol–water partition coefficient (Wildman–Crippen LogP) is 6.02. The smallest absolute Gasteiger partial charge is 0.410 e. The van der Waals surface area contributed by atoms with Gasteiger partial charge >= 0.3 is 6.09 Å². The molecule has 4 rings (SSSR count). The lowest BCUT2D eigenvalue weighted by molar-refractivity contribution is 0.0270. The first kappa shape index (κ1) is 23.0. The molecule has 0 radical (unpaired) electrons. The second kappa shape index (κ2) is 8.61. The van der Waals surface area contributed by atoms with Gasteiger partial charge in [-0.15, -0.1) is 0 Å². The summed E-state index contributed by atoms with van der Waals surface area (Å²) in [7, 11) is 0. The van der Waals surface area contributed by atoms with Crippen molar-refractivity contribution in [3.8, 4) is 5.69 Å². The number of hydrogen-bond donors (Lipinski definition) is 0. The summed E-state index contributed by atoms with van der Waals surface area (Å²) >= 11 is 0. The Balaban J connectivity index is 1.78. The maximum absolute atomic E-state index is 13.5. The molecule has 1 aliphatic rings. The van der Waals surface area contributed by atoms with E-state index in [1.54, 1.807) is 21.7 Å². The van der Waals surface area contributed by atoms with Gasteiger partial charge in [0.25, 0.3) is 0 Å². The van der Waals surface area contributed by atoms with Gasteiger partial charge in [-0.3, -0.25) is 0 Å². The minimum Gasteiger partial charge on any atom is -0.444 e. The highest BCUT2D eigenvalue weighted by Gasteiger charge is 2.27. The summed E-state index contributed by atoms with van der Waals surface area (Å²) < 4.78 is 20.8. The molecule has 2 aromatic heterocycles. The molecule has 1 aromatic carbocycles. The quantitative estimate of drug-likeness (QED) is 0.490. The molecule has 0 spiro atoms. The van der Waals surface area contributed by atoms with Crippen LogP contribution in [0.1, 0.15) is 63.8 Å². The van der Waals surface area contributed by atoms with Crippen LogP contribution in [0.3, 0.4) is 0 Å². The van der Waals surface area contributed by atoms with Crippen LogP contribution in [0.15, 0.2) is 36.5 Å². The van der Waals surface area contributed by atoms with Crippen molar-refractivity contribution in [2.45, 2.75) is 59.5 Å². The first-order valence-corrected chi connectivity index (χ1v) is 11.4. The third-order valence-electron chi connectivity index (χ3n) is 5.71.